The lowest BCUT2D eigenvalue weighted by Crippen LogP contribution is -2.02. The minimum Gasteiger partial charge on any atom is -0.368 e. The van der Waals surface area contributed by atoms with Crippen molar-refractivity contribution in [3.05, 3.63) is 16.9 Å². The van der Waals surface area contributed by atoms with Gasteiger partial charge in [-0.2, -0.15) is 0 Å². The molecule has 0 bridgehead atoms. The smallest absolute Gasteiger partial charge is 0.221 e. The van der Waals surface area contributed by atoms with Crippen LogP contribution >= 0.6 is 11.6 Å². The Morgan fingerprint density at radius 2 is 2.17 bits per heavy atom. The molecular weight excluding hydrogens is 174 g/mol. The number of halogens is 1. The SMILES string of the molecule is CC(C)Cc1cc(Cl)nc(N)n1. The van der Waals surface area contributed by atoms with Gasteiger partial charge in [0.05, 0.1) is 0 Å². The van der Waals surface area contributed by atoms with E-state index in [0.717, 1.165) is 12.1 Å². The normalized spacial score (nSPS) is 10.7. The number of hydrogen-bond donors (Lipinski definition) is 1. The predicted octanol–water partition coefficient (Wildman–Crippen LogP) is 1.91. The molecule has 1 aromatic heterocycles. The third-order valence-electron chi connectivity index (χ3n) is 1.38. The first-order chi connectivity index (χ1) is 5.58. The van der Waals surface area contributed by atoms with Crippen molar-refractivity contribution in [3.8, 4) is 0 Å². The molecule has 0 aliphatic rings. The van der Waals surface area contributed by atoms with Crippen LogP contribution in [0.3, 0.4) is 0 Å². The van der Waals surface area contributed by atoms with E-state index >= 15 is 0 Å². The second-order valence-corrected chi connectivity index (χ2v) is 3.53. The maximum absolute atomic E-state index is 5.70. The molecule has 0 aromatic carbocycles. The molecule has 0 saturated carbocycles. The maximum Gasteiger partial charge on any atom is 0.221 e. The number of aromatic nitrogens is 2. The monoisotopic (exact) mass is 185 g/mol. The van der Waals surface area contributed by atoms with Gasteiger partial charge in [0.25, 0.3) is 0 Å². The second kappa shape index (κ2) is 3.72. The molecule has 0 radical (unpaired) electrons. The van der Waals surface area contributed by atoms with Crippen LogP contribution < -0.4 is 5.73 Å². The van der Waals surface area contributed by atoms with Crippen molar-refractivity contribution in [2.75, 3.05) is 5.73 Å². The van der Waals surface area contributed by atoms with Crippen molar-refractivity contribution in [1.29, 1.82) is 0 Å². The Bertz CT molecular complexity index is 253. The molecule has 4 heteroatoms. The Morgan fingerprint density at radius 1 is 1.50 bits per heavy atom. The summed E-state index contributed by atoms with van der Waals surface area (Å²) in [5, 5.41) is 0.415. The van der Waals surface area contributed by atoms with E-state index in [1.807, 2.05) is 0 Å². The van der Waals surface area contributed by atoms with Gasteiger partial charge < -0.3 is 5.73 Å². The average molecular weight is 186 g/mol. The zero-order valence-corrected chi connectivity index (χ0v) is 7.97. The number of nitrogens with zero attached hydrogens (tertiary/aromatic N) is 2. The molecule has 0 aliphatic heterocycles. The number of nitrogen functional groups attached to an aromatic ring is 1. The lowest BCUT2D eigenvalue weighted by atomic mass is 10.1. The van der Waals surface area contributed by atoms with Crippen molar-refractivity contribution < 1.29 is 0 Å². The summed E-state index contributed by atoms with van der Waals surface area (Å²) >= 11 is 5.70. The highest BCUT2D eigenvalue weighted by atomic mass is 35.5. The largest absolute Gasteiger partial charge is 0.368 e. The Kier molecular flexibility index (Phi) is 2.87. The molecule has 0 atom stereocenters. The summed E-state index contributed by atoms with van der Waals surface area (Å²) < 4.78 is 0. The van der Waals surface area contributed by atoms with Crippen LogP contribution in [-0.4, -0.2) is 9.97 Å². The van der Waals surface area contributed by atoms with Crippen LogP contribution in [0.25, 0.3) is 0 Å². The number of nitrogens with two attached hydrogens (primary N) is 1. The van der Waals surface area contributed by atoms with Crippen LogP contribution in [0, 0.1) is 5.92 Å². The van der Waals surface area contributed by atoms with Crippen LogP contribution in [-0.2, 0) is 6.42 Å². The Hall–Kier alpha value is -0.830. The molecule has 1 rings (SSSR count). The summed E-state index contributed by atoms with van der Waals surface area (Å²) in [6.45, 7) is 4.23. The Morgan fingerprint density at radius 3 is 2.67 bits per heavy atom. The first kappa shape index (κ1) is 9.26. The van der Waals surface area contributed by atoms with E-state index < -0.39 is 0 Å². The molecule has 1 heterocycles. The molecular formula is C8H12ClN3. The Labute approximate surface area is 77.0 Å². The van der Waals surface area contributed by atoms with Gasteiger partial charge in [0.2, 0.25) is 5.95 Å². The van der Waals surface area contributed by atoms with Crippen LogP contribution in [0.2, 0.25) is 5.15 Å². The van der Waals surface area contributed by atoms with Gasteiger partial charge in [0, 0.05) is 5.69 Å². The summed E-state index contributed by atoms with van der Waals surface area (Å²) in [5.74, 6) is 0.800. The minimum absolute atomic E-state index is 0.248. The fourth-order valence-electron chi connectivity index (χ4n) is 1.01. The fraction of sp³-hybridized carbons (Fsp3) is 0.500. The molecule has 1 aromatic rings. The minimum atomic E-state index is 0.248. The van der Waals surface area contributed by atoms with Crippen molar-refractivity contribution in [2.24, 2.45) is 5.92 Å². The highest BCUT2D eigenvalue weighted by Gasteiger charge is 2.02. The van der Waals surface area contributed by atoms with E-state index in [1.54, 1.807) is 6.07 Å². The fourth-order valence-corrected chi connectivity index (χ4v) is 1.22. The van der Waals surface area contributed by atoms with E-state index in [-0.39, 0.29) is 5.95 Å². The summed E-state index contributed by atoms with van der Waals surface area (Å²) in [6.07, 6.45) is 0.881. The highest BCUT2D eigenvalue weighted by molar-refractivity contribution is 6.29. The Balaban J connectivity index is 2.85. The van der Waals surface area contributed by atoms with E-state index in [4.69, 9.17) is 17.3 Å². The zero-order chi connectivity index (χ0) is 9.14. The van der Waals surface area contributed by atoms with Crippen LogP contribution in [0.1, 0.15) is 19.5 Å². The molecule has 0 spiro atoms. The van der Waals surface area contributed by atoms with Gasteiger partial charge >= 0.3 is 0 Å². The lowest BCUT2D eigenvalue weighted by Gasteiger charge is -2.04. The molecule has 12 heavy (non-hydrogen) atoms. The molecule has 3 nitrogen and oxygen atoms in total. The van der Waals surface area contributed by atoms with Gasteiger partial charge in [-0.3, -0.25) is 0 Å². The van der Waals surface area contributed by atoms with Crippen molar-refractivity contribution in [1.82, 2.24) is 9.97 Å². The number of rotatable bonds is 2. The second-order valence-electron chi connectivity index (χ2n) is 3.14. The standard InChI is InChI=1S/C8H12ClN3/c1-5(2)3-6-4-7(9)12-8(10)11-6/h4-5H,3H2,1-2H3,(H2,10,11,12). The van der Waals surface area contributed by atoms with Crippen molar-refractivity contribution in [2.45, 2.75) is 20.3 Å². The predicted molar refractivity (Wildman–Crippen MR) is 50.0 cm³/mol. The molecule has 66 valence electrons. The zero-order valence-electron chi connectivity index (χ0n) is 7.21. The van der Waals surface area contributed by atoms with E-state index in [2.05, 4.69) is 23.8 Å². The van der Waals surface area contributed by atoms with Gasteiger partial charge in [0.15, 0.2) is 0 Å². The van der Waals surface area contributed by atoms with Gasteiger partial charge in [-0.15, -0.1) is 0 Å². The third kappa shape index (κ3) is 2.66. The van der Waals surface area contributed by atoms with E-state index in [1.165, 1.54) is 0 Å². The van der Waals surface area contributed by atoms with E-state index in [9.17, 15) is 0 Å². The molecule has 0 saturated heterocycles. The quantitative estimate of drug-likeness (QED) is 0.717. The van der Waals surface area contributed by atoms with Gasteiger partial charge in [-0.05, 0) is 18.4 Å². The maximum atomic E-state index is 5.70. The highest BCUT2D eigenvalue weighted by Crippen LogP contribution is 2.11. The van der Waals surface area contributed by atoms with Crippen LogP contribution in [0.4, 0.5) is 5.95 Å². The number of hydrogen-bond acceptors (Lipinski definition) is 3. The topological polar surface area (TPSA) is 51.8 Å². The van der Waals surface area contributed by atoms with Crippen LogP contribution in [0.5, 0.6) is 0 Å². The lowest BCUT2D eigenvalue weighted by molar-refractivity contribution is 0.635. The number of anilines is 1. The third-order valence-corrected chi connectivity index (χ3v) is 1.58. The molecule has 2 N–H and O–H groups in total. The van der Waals surface area contributed by atoms with E-state index in [0.29, 0.717) is 11.1 Å². The first-order valence-electron chi connectivity index (χ1n) is 3.87. The summed E-state index contributed by atoms with van der Waals surface area (Å²) in [7, 11) is 0. The van der Waals surface area contributed by atoms with Gasteiger partial charge in [-0.1, -0.05) is 25.4 Å². The van der Waals surface area contributed by atoms with Gasteiger partial charge in [0.1, 0.15) is 5.15 Å². The van der Waals surface area contributed by atoms with Gasteiger partial charge in [-0.25, -0.2) is 9.97 Å². The van der Waals surface area contributed by atoms with Crippen LogP contribution in [0.15, 0.2) is 6.07 Å². The summed E-state index contributed by atoms with van der Waals surface area (Å²) in [6, 6.07) is 1.75. The average Bonchev–Trinajstić information content (AvgIpc) is 1.81. The van der Waals surface area contributed by atoms with Crippen molar-refractivity contribution >= 4 is 17.5 Å². The molecule has 0 amide bonds. The molecule has 0 unspecified atom stereocenters. The summed E-state index contributed by atoms with van der Waals surface area (Å²) in [5.41, 5.74) is 6.33. The molecule has 0 fully saturated rings. The van der Waals surface area contributed by atoms with Crippen molar-refractivity contribution in [3.63, 3.8) is 0 Å². The molecule has 0 aliphatic carbocycles. The summed E-state index contributed by atoms with van der Waals surface area (Å²) in [4.78, 5) is 7.83. The first-order valence-corrected chi connectivity index (χ1v) is 4.24.